The quantitative estimate of drug-likeness (QED) is 0.291. The molecule has 0 aliphatic rings. The van der Waals surface area contributed by atoms with Crippen molar-refractivity contribution in [3.05, 3.63) is 0 Å². The van der Waals surface area contributed by atoms with E-state index in [1.165, 1.54) is 0 Å². The van der Waals surface area contributed by atoms with Gasteiger partial charge in [0.15, 0.2) is 0 Å². The van der Waals surface area contributed by atoms with Crippen LogP contribution >= 0.6 is 0 Å². The number of aliphatic carboxylic acids is 2. The number of carboxylic acid groups (broad SMARTS) is 2. The maximum atomic E-state index is 11.9. The molecule has 148 valence electrons. The number of hydrogen-bond acceptors (Lipinski definition) is 4. The van der Waals surface area contributed by atoms with Gasteiger partial charge in [0.2, 0.25) is 4.75 Å². The van der Waals surface area contributed by atoms with Gasteiger partial charge < -0.3 is 10.2 Å². The summed E-state index contributed by atoms with van der Waals surface area (Å²) in [5.41, 5.74) is 0. The van der Waals surface area contributed by atoms with Crippen molar-refractivity contribution in [2.45, 2.75) is 89.2 Å². The van der Waals surface area contributed by atoms with Crippen molar-refractivity contribution in [3.8, 4) is 0 Å². The van der Waals surface area contributed by atoms with Crippen molar-refractivity contribution in [2.24, 2.45) is 5.92 Å². The molecule has 25 heavy (non-hydrogen) atoms. The Bertz CT molecular complexity index is 515. The Hall–Kier alpha value is -1.15. The Labute approximate surface area is 150 Å². The maximum absolute atomic E-state index is 11.9. The molecule has 2 unspecified atom stereocenters. The summed E-state index contributed by atoms with van der Waals surface area (Å²) in [6, 6.07) is 0. The first-order valence-electron chi connectivity index (χ1n) is 9.08. The number of carbonyl (C=O) groups is 2. The van der Waals surface area contributed by atoms with Crippen LogP contribution in [0.3, 0.4) is 0 Å². The summed E-state index contributed by atoms with van der Waals surface area (Å²) in [6.07, 6.45) is 6.59. The standard InChI is InChI=1S/C17H32O7S/c1-3-5-7-8-9-10-11-12-14(15(18)19)17(16(20)21,13-6-4-2)25(22,23)24/h14H,3-13H2,1-2H3,(H,18,19)(H,20,21)(H,22,23,24). The fourth-order valence-corrected chi connectivity index (χ4v) is 4.35. The van der Waals surface area contributed by atoms with Gasteiger partial charge in [-0.1, -0.05) is 71.6 Å². The van der Waals surface area contributed by atoms with E-state index in [0.717, 1.165) is 32.1 Å². The Morgan fingerprint density at radius 3 is 1.76 bits per heavy atom. The van der Waals surface area contributed by atoms with Gasteiger partial charge in [0.25, 0.3) is 10.1 Å². The predicted molar refractivity (Wildman–Crippen MR) is 95.2 cm³/mol. The van der Waals surface area contributed by atoms with Gasteiger partial charge in [0.05, 0.1) is 5.92 Å². The van der Waals surface area contributed by atoms with Gasteiger partial charge in [-0.2, -0.15) is 8.42 Å². The van der Waals surface area contributed by atoms with Crippen molar-refractivity contribution >= 4 is 22.1 Å². The molecule has 0 aromatic rings. The van der Waals surface area contributed by atoms with Crippen LogP contribution in [0.1, 0.15) is 84.5 Å². The molecule has 8 heteroatoms. The van der Waals surface area contributed by atoms with Gasteiger partial charge in [-0.15, -0.1) is 0 Å². The SMILES string of the molecule is CCCCCCCCCC(C(=O)O)C(CCCC)(C(=O)O)S(=O)(=O)O. The smallest absolute Gasteiger partial charge is 0.328 e. The molecule has 0 saturated carbocycles. The Morgan fingerprint density at radius 2 is 1.36 bits per heavy atom. The van der Waals surface area contributed by atoms with Crippen molar-refractivity contribution in [1.82, 2.24) is 0 Å². The Morgan fingerprint density at radius 1 is 0.880 bits per heavy atom. The van der Waals surface area contributed by atoms with Gasteiger partial charge in [0, 0.05) is 0 Å². The predicted octanol–water partition coefficient (Wildman–Crippen LogP) is 3.73. The molecule has 0 radical (unpaired) electrons. The second kappa shape index (κ2) is 11.5. The number of unbranched alkanes of at least 4 members (excludes halogenated alkanes) is 7. The van der Waals surface area contributed by atoms with Gasteiger partial charge in [-0.25, -0.2) is 0 Å². The van der Waals surface area contributed by atoms with E-state index >= 15 is 0 Å². The molecule has 0 bridgehead atoms. The summed E-state index contributed by atoms with van der Waals surface area (Å²) >= 11 is 0. The van der Waals surface area contributed by atoms with Crippen molar-refractivity contribution < 1.29 is 32.8 Å². The van der Waals surface area contributed by atoms with E-state index in [1.54, 1.807) is 6.92 Å². The Balaban J connectivity index is 5.18. The highest BCUT2D eigenvalue weighted by Gasteiger charge is 2.58. The van der Waals surface area contributed by atoms with Crippen molar-refractivity contribution in [3.63, 3.8) is 0 Å². The highest BCUT2D eigenvalue weighted by Crippen LogP contribution is 2.36. The topological polar surface area (TPSA) is 129 Å². The van der Waals surface area contributed by atoms with E-state index in [0.29, 0.717) is 19.3 Å². The van der Waals surface area contributed by atoms with Gasteiger partial charge in [-0.3, -0.25) is 14.1 Å². The highest BCUT2D eigenvalue weighted by molar-refractivity contribution is 7.88. The summed E-state index contributed by atoms with van der Waals surface area (Å²) in [5.74, 6) is -4.96. The fraction of sp³-hybridized carbons (Fsp3) is 0.882. The van der Waals surface area contributed by atoms with Crippen LogP contribution in [0.25, 0.3) is 0 Å². The third kappa shape index (κ3) is 6.93. The molecule has 0 fully saturated rings. The minimum Gasteiger partial charge on any atom is -0.481 e. The largest absolute Gasteiger partial charge is 0.481 e. The number of rotatable bonds is 15. The van der Waals surface area contributed by atoms with Crippen LogP contribution < -0.4 is 0 Å². The summed E-state index contributed by atoms with van der Waals surface area (Å²) in [5, 5.41) is 19.0. The first-order chi connectivity index (χ1) is 11.6. The van der Waals surface area contributed by atoms with E-state index in [9.17, 15) is 32.8 Å². The molecular weight excluding hydrogens is 348 g/mol. The zero-order valence-corrected chi connectivity index (χ0v) is 16.1. The van der Waals surface area contributed by atoms with Crippen LogP contribution in [0.15, 0.2) is 0 Å². The average Bonchev–Trinajstić information content (AvgIpc) is 2.50. The van der Waals surface area contributed by atoms with Gasteiger partial charge in [0.1, 0.15) is 0 Å². The number of carboxylic acids is 2. The summed E-state index contributed by atoms with van der Waals surface area (Å²) in [4.78, 5) is 23.4. The van der Waals surface area contributed by atoms with Crippen LogP contribution in [0.2, 0.25) is 0 Å². The molecular formula is C17H32O7S. The molecule has 3 N–H and O–H groups in total. The zero-order chi connectivity index (χ0) is 19.5. The fourth-order valence-electron chi connectivity index (χ4n) is 3.15. The van der Waals surface area contributed by atoms with E-state index in [2.05, 4.69) is 6.92 Å². The van der Waals surface area contributed by atoms with E-state index < -0.39 is 39.1 Å². The molecule has 7 nitrogen and oxygen atoms in total. The van der Waals surface area contributed by atoms with Crippen molar-refractivity contribution in [1.29, 1.82) is 0 Å². The van der Waals surface area contributed by atoms with Crippen LogP contribution in [0.4, 0.5) is 0 Å². The second-order valence-electron chi connectivity index (χ2n) is 6.57. The minimum atomic E-state index is -5.08. The highest BCUT2D eigenvalue weighted by atomic mass is 32.2. The lowest BCUT2D eigenvalue weighted by atomic mass is 9.83. The third-order valence-corrected chi connectivity index (χ3v) is 6.27. The molecule has 0 aromatic carbocycles. The first-order valence-corrected chi connectivity index (χ1v) is 10.5. The van der Waals surface area contributed by atoms with Gasteiger partial charge in [-0.05, 0) is 12.8 Å². The zero-order valence-electron chi connectivity index (χ0n) is 15.2. The van der Waals surface area contributed by atoms with Crippen LogP contribution in [0.5, 0.6) is 0 Å². The van der Waals surface area contributed by atoms with E-state index in [1.807, 2.05) is 0 Å². The molecule has 0 rings (SSSR count). The second-order valence-corrected chi connectivity index (χ2v) is 8.25. The lowest BCUT2D eigenvalue weighted by Crippen LogP contribution is -2.55. The van der Waals surface area contributed by atoms with Crippen LogP contribution in [-0.4, -0.2) is 39.9 Å². The first kappa shape index (κ1) is 23.9. The van der Waals surface area contributed by atoms with E-state index in [4.69, 9.17) is 0 Å². The maximum Gasteiger partial charge on any atom is 0.328 e. The van der Waals surface area contributed by atoms with Crippen LogP contribution in [0, 0.1) is 5.92 Å². The lowest BCUT2D eigenvalue weighted by molar-refractivity contribution is -0.152. The monoisotopic (exact) mass is 380 g/mol. The number of hydrogen-bond donors (Lipinski definition) is 3. The molecule has 0 amide bonds. The third-order valence-electron chi connectivity index (χ3n) is 4.68. The molecule has 0 aliphatic heterocycles. The molecule has 0 saturated heterocycles. The molecule has 0 heterocycles. The van der Waals surface area contributed by atoms with Crippen molar-refractivity contribution in [2.75, 3.05) is 0 Å². The summed E-state index contributed by atoms with van der Waals surface area (Å²) in [6.45, 7) is 3.84. The van der Waals surface area contributed by atoms with E-state index in [-0.39, 0.29) is 12.8 Å². The molecule has 0 aliphatic carbocycles. The van der Waals surface area contributed by atoms with Gasteiger partial charge >= 0.3 is 11.9 Å². The normalized spacial score (nSPS) is 15.5. The summed E-state index contributed by atoms with van der Waals surface area (Å²) < 4.78 is 30.6. The molecule has 0 spiro atoms. The minimum absolute atomic E-state index is 0.0844. The molecule has 2 atom stereocenters. The molecule has 0 aromatic heterocycles. The lowest BCUT2D eigenvalue weighted by Gasteiger charge is -2.32. The van der Waals surface area contributed by atoms with Crippen LogP contribution in [-0.2, 0) is 19.7 Å². The average molecular weight is 381 g/mol. The Kier molecular flexibility index (Phi) is 10.9. The summed E-state index contributed by atoms with van der Waals surface area (Å²) in [7, 11) is -5.08.